The Kier molecular flexibility index (Phi) is 23.3. The molecule has 0 rings (SSSR count). The second-order valence-electron chi connectivity index (χ2n) is 11.6. The van der Waals surface area contributed by atoms with Crippen molar-refractivity contribution in [3.8, 4) is 0 Å². The molecule has 238 valence electrons. The second kappa shape index (κ2) is 23.7. The summed E-state index contributed by atoms with van der Waals surface area (Å²) in [5, 5.41) is 28.2. The third-order valence-corrected chi connectivity index (χ3v) is 9.57. The minimum Gasteiger partial charge on any atom is -0.463 e. The fourth-order valence-corrected chi connectivity index (χ4v) is 5.84. The van der Waals surface area contributed by atoms with E-state index in [2.05, 4.69) is 19.1 Å². The molecule has 40 heavy (non-hydrogen) atoms. The zero-order chi connectivity index (χ0) is 30.3. The summed E-state index contributed by atoms with van der Waals surface area (Å²) in [6, 6.07) is 0. The lowest BCUT2D eigenvalue weighted by molar-refractivity contribution is -0.901. The van der Waals surface area contributed by atoms with Crippen LogP contribution in [0.3, 0.4) is 0 Å². The fraction of sp³-hybridized carbons (Fsp3) is 0.900. The van der Waals surface area contributed by atoms with Crippen molar-refractivity contribution in [2.75, 3.05) is 33.9 Å². The third kappa shape index (κ3) is 21.9. The van der Waals surface area contributed by atoms with Crippen LogP contribution in [0.15, 0.2) is 12.2 Å². The zero-order valence-electron chi connectivity index (χ0n) is 25.8. The SMILES string of the molecule is CCCCCCC/C=C\CCCCCCCCCCC(=O)OC[C@@H](O)COP(=O)(O)C(C)[N+](C)(C)CCC(O)O. The highest BCUT2D eigenvalue weighted by molar-refractivity contribution is 7.53. The Labute approximate surface area is 244 Å². The quantitative estimate of drug-likeness (QED) is 0.0226. The molecule has 2 unspecified atom stereocenters. The predicted octanol–water partition coefficient (Wildman–Crippen LogP) is 6.03. The molecule has 0 aliphatic heterocycles. The second-order valence-corrected chi connectivity index (χ2v) is 13.8. The molecular weight excluding hydrogens is 533 g/mol. The number of aliphatic hydroxyl groups excluding tert-OH is 2. The lowest BCUT2D eigenvalue weighted by Crippen LogP contribution is -2.48. The van der Waals surface area contributed by atoms with E-state index >= 15 is 0 Å². The first-order chi connectivity index (χ1) is 18.9. The van der Waals surface area contributed by atoms with Crippen molar-refractivity contribution in [2.24, 2.45) is 0 Å². The number of hydrogen-bond acceptors (Lipinski definition) is 7. The molecule has 0 aromatic carbocycles. The molecule has 0 saturated carbocycles. The number of esters is 1. The predicted molar refractivity (Wildman–Crippen MR) is 161 cm³/mol. The first-order valence-electron chi connectivity index (χ1n) is 15.6. The van der Waals surface area contributed by atoms with Crippen molar-refractivity contribution < 1.29 is 43.3 Å². The smallest absolute Gasteiger partial charge is 0.384 e. The van der Waals surface area contributed by atoms with Crippen molar-refractivity contribution >= 4 is 13.6 Å². The Morgan fingerprint density at radius 2 is 1.32 bits per heavy atom. The maximum Gasteiger partial charge on any atom is 0.384 e. The van der Waals surface area contributed by atoms with Gasteiger partial charge in [0.2, 0.25) is 0 Å². The maximum atomic E-state index is 12.6. The number of carbonyl (C=O) groups excluding carboxylic acids is 1. The largest absolute Gasteiger partial charge is 0.463 e. The molecule has 0 aliphatic carbocycles. The topological polar surface area (TPSA) is 134 Å². The van der Waals surface area contributed by atoms with Gasteiger partial charge in [0.1, 0.15) is 12.7 Å². The van der Waals surface area contributed by atoms with E-state index in [4.69, 9.17) is 19.5 Å². The number of rotatable bonds is 27. The Hall–Kier alpha value is -0.800. The molecule has 10 heteroatoms. The summed E-state index contributed by atoms with van der Waals surface area (Å²) in [4.78, 5) is 22.2. The zero-order valence-corrected chi connectivity index (χ0v) is 26.7. The van der Waals surface area contributed by atoms with Crippen LogP contribution in [0.25, 0.3) is 0 Å². The molecule has 0 aromatic heterocycles. The molecule has 0 bridgehead atoms. The fourth-order valence-electron chi connectivity index (χ4n) is 4.33. The average Bonchev–Trinajstić information content (AvgIpc) is 2.91. The van der Waals surface area contributed by atoms with Crippen molar-refractivity contribution in [3.05, 3.63) is 12.2 Å². The summed E-state index contributed by atoms with van der Waals surface area (Å²) in [6.45, 7) is 3.30. The molecule has 4 N–H and O–H groups in total. The summed E-state index contributed by atoms with van der Waals surface area (Å²) < 4.78 is 22.8. The number of carbonyl (C=O) groups is 1. The highest BCUT2D eigenvalue weighted by Crippen LogP contribution is 2.50. The normalized spacial score (nSPS) is 15.4. The summed E-state index contributed by atoms with van der Waals surface area (Å²) >= 11 is 0. The van der Waals surface area contributed by atoms with Gasteiger partial charge in [-0.1, -0.05) is 83.3 Å². The van der Waals surface area contributed by atoms with Gasteiger partial charge in [-0.2, -0.15) is 0 Å². The van der Waals surface area contributed by atoms with Gasteiger partial charge in [-0.05, 0) is 39.0 Å². The molecule has 0 spiro atoms. The lowest BCUT2D eigenvalue weighted by atomic mass is 10.1. The summed E-state index contributed by atoms with van der Waals surface area (Å²) in [5.41, 5.74) is 0. The van der Waals surface area contributed by atoms with Gasteiger partial charge in [-0.15, -0.1) is 0 Å². The molecule has 0 saturated heterocycles. The first kappa shape index (κ1) is 39.2. The monoisotopic (exact) mass is 594 g/mol. The van der Waals surface area contributed by atoms with Crippen LogP contribution in [0, 0.1) is 0 Å². The Bertz CT molecular complexity index is 701. The van der Waals surface area contributed by atoms with Gasteiger partial charge in [0.15, 0.2) is 12.1 Å². The number of quaternary nitrogens is 1. The van der Waals surface area contributed by atoms with Crippen LogP contribution >= 0.6 is 7.60 Å². The van der Waals surface area contributed by atoms with Gasteiger partial charge in [0.25, 0.3) is 0 Å². The average molecular weight is 595 g/mol. The Morgan fingerprint density at radius 3 is 1.85 bits per heavy atom. The van der Waals surface area contributed by atoms with Crippen LogP contribution in [0.5, 0.6) is 0 Å². The number of nitrogens with zero attached hydrogens (tertiary/aromatic N) is 1. The number of ether oxygens (including phenoxy) is 1. The number of hydrogen-bond donors (Lipinski definition) is 4. The van der Waals surface area contributed by atoms with Gasteiger partial charge >= 0.3 is 13.6 Å². The van der Waals surface area contributed by atoms with Crippen molar-refractivity contribution in [1.29, 1.82) is 0 Å². The molecule has 0 aromatic rings. The number of allylic oxidation sites excluding steroid dienone is 2. The van der Waals surface area contributed by atoms with Gasteiger partial charge in [0, 0.05) is 12.8 Å². The highest BCUT2D eigenvalue weighted by Gasteiger charge is 2.41. The minimum atomic E-state index is -4.11. The first-order valence-corrected chi connectivity index (χ1v) is 17.2. The molecular formula is C30H61NO8P+. The lowest BCUT2D eigenvalue weighted by Gasteiger charge is -2.37. The number of aliphatic hydroxyl groups is 3. The van der Waals surface area contributed by atoms with Crippen molar-refractivity contribution in [3.63, 3.8) is 0 Å². The molecule has 0 fully saturated rings. The number of unbranched alkanes of at least 4 members (excludes halogenated alkanes) is 13. The summed E-state index contributed by atoms with van der Waals surface area (Å²) in [7, 11) is -0.731. The van der Waals surface area contributed by atoms with Gasteiger partial charge in [-0.3, -0.25) is 9.36 Å². The third-order valence-electron chi connectivity index (χ3n) is 7.48. The molecule has 0 radical (unpaired) electrons. The van der Waals surface area contributed by atoms with Crippen molar-refractivity contribution in [1.82, 2.24) is 0 Å². The van der Waals surface area contributed by atoms with E-state index in [1.807, 2.05) is 0 Å². The van der Waals surface area contributed by atoms with Gasteiger partial charge in [0.05, 0.1) is 27.2 Å². The van der Waals surface area contributed by atoms with Crippen LogP contribution in [0.2, 0.25) is 0 Å². The van der Waals surface area contributed by atoms with Crippen molar-refractivity contribution in [2.45, 2.75) is 141 Å². The van der Waals surface area contributed by atoms with Gasteiger partial charge < -0.3 is 34.0 Å². The molecule has 0 amide bonds. The molecule has 0 aliphatic rings. The van der Waals surface area contributed by atoms with E-state index < -0.39 is 38.3 Å². The standard InChI is InChI=1S/C30H60NO8P/c1-5-6-7-8-9-10-11-12-13-14-15-16-17-18-19-20-21-22-30(35)38-25-28(32)26-39-40(36,37)27(2)31(3,4)24-23-29(33)34/h11-12,27-29,32-34H,5-10,13-26H2,1-4H3/p+1/b12-11-/t27?,28-/m1/s1. The van der Waals surface area contributed by atoms with E-state index in [0.29, 0.717) is 0 Å². The summed E-state index contributed by atoms with van der Waals surface area (Å²) in [6.07, 6.45) is 20.4. The van der Waals surface area contributed by atoms with Crippen LogP contribution in [-0.2, 0) is 18.6 Å². The molecule has 3 atom stereocenters. The van der Waals surface area contributed by atoms with Crippen LogP contribution in [0.4, 0.5) is 0 Å². The van der Waals surface area contributed by atoms with E-state index in [-0.39, 0.29) is 30.5 Å². The van der Waals surface area contributed by atoms with E-state index in [1.165, 1.54) is 84.0 Å². The van der Waals surface area contributed by atoms with Gasteiger partial charge in [-0.25, -0.2) is 0 Å². The van der Waals surface area contributed by atoms with Crippen LogP contribution in [0.1, 0.15) is 123 Å². The van der Waals surface area contributed by atoms with E-state index in [1.54, 1.807) is 14.1 Å². The molecule has 0 heterocycles. The minimum absolute atomic E-state index is 0.0352. The van der Waals surface area contributed by atoms with E-state index in [9.17, 15) is 19.4 Å². The van der Waals surface area contributed by atoms with Crippen LogP contribution < -0.4 is 0 Å². The Morgan fingerprint density at radius 1 is 0.825 bits per heavy atom. The maximum absolute atomic E-state index is 12.6. The van der Waals surface area contributed by atoms with E-state index in [0.717, 1.165) is 19.3 Å². The molecule has 9 nitrogen and oxygen atoms in total. The van der Waals surface area contributed by atoms with Crippen LogP contribution in [-0.4, -0.2) is 82.7 Å². The summed E-state index contributed by atoms with van der Waals surface area (Å²) in [5.74, 6) is -1.24. The Balaban J connectivity index is 3.77. The highest BCUT2D eigenvalue weighted by atomic mass is 31.2.